The summed E-state index contributed by atoms with van der Waals surface area (Å²) in [6.45, 7) is 6.06. The second-order valence-corrected chi connectivity index (χ2v) is 7.89. The monoisotopic (exact) mass is 440 g/mol. The number of nitrogens with zero attached hydrogens (tertiary/aromatic N) is 3. The van der Waals surface area contributed by atoms with E-state index in [4.69, 9.17) is 15.0 Å². The molecule has 1 N–H and O–H groups in total. The van der Waals surface area contributed by atoms with Crippen molar-refractivity contribution in [2.45, 2.75) is 6.92 Å². The van der Waals surface area contributed by atoms with Crippen LogP contribution in [0.2, 0.25) is 0 Å². The van der Waals surface area contributed by atoms with Crippen molar-refractivity contribution in [2.24, 2.45) is 0 Å². The van der Waals surface area contributed by atoms with Gasteiger partial charge in [-0.3, -0.25) is 0 Å². The highest BCUT2D eigenvalue weighted by Gasteiger charge is 2.15. The van der Waals surface area contributed by atoms with Gasteiger partial charge < -0.3 is 5.32 Å². The molecule has 0 aliphatic rings. The Morgan fingerprint density at radius 1 is 0.647 bits per heavy atom. The van der Waals surface area contributed by atoms with Gasteiger partial charge in [0.2, 0.25) is 0 Å². The smallest absolute Gasteiger partial charge is 0.164 e. The minimum atomic E-state index is 0.641. The zero-order valence-corrected chi connectivity index (χ0v) is 18.9. The highest BCUT2D eigenvalue weighted by Crippen LogP contribution is 2.34. The Labute approximate surface area is 199 Å². The molecular formula is C30H24N4. The van der Waals surface area contributed by atoms with Crippen LogP contribution in [0, 0.1) is 0 Å². The van der Waals surface area contributed by atoms with Crippen LogP contribution in [0.1, 0.15) is 6.92 Å². The van der Waals surface area contributed by atoms with Gasteiger partial charge in [-0.2, -0.15) is 0 Å². The van der Waals surface area contributed by atoms with Crippen LogP contribution in [0.3, 0.4) is 0 Å². The molecule has 0 spiro atoms. The maximum absolute atomic E-state index is 4.90. The summed E-state index contributed by atoms with van der Waals surface area (Å²) in [5, 5.41) is 5.54. The van der Waals surface area contributed by atoms with Gasteiger partial charge >= 0.3 is 0 Å². The molecule has 0 fully saturated rings. The lowest BCUT2D eigenvalue weighted by Crippen LogP contribution is -2.01. The standard InChI is InChI=1S/C30H24N4/c1-3-12-21(2)31-27-20-19-26(24-17-10-11-18-25(24)27)30-33-28(22-13-6-4-7-14-22)32-29(34-30)23-15-8-5-9-16-23/h3-20,31H,2H2,1H3/b12-3-. The molecule has 0 saturated carbocycles. The summed E-state index contributed by atoms with van der Waals surface area (Å²) in [4.78, 5) is 14.6. The Kier molecular flexibility index (Phi) is 5.95. The van der Waals surface area contributed by atoms with Gasteiger partial charge in [0, 0.05) is 33.5 Å². The third kappa shape index (κ3) is 4.34. The van der Waals surface area contributed by atoms with Crippen molar-refractivity contribution in [3.05, 3.63) is 121 Å². The minimum absolute atomic E-state index is 0.641. The van der Waals surface area contributed by atoms with Gasteiger partial charge in [-0.05, 0) is 30.5 Å². The van der Waals surface area contributed by atoms with E-state index >= 15 is 0 Å². The molecule has 5 aromatic rings. The predicted molar refractivity (Wildman–Crippen MR) is 141 cm³/mol. The van der Waals surface area contributed by atoms with Gasteiger partial charge in [0.25, 0.3) is 0 Å². The minimum Gasteiger partial charge on any atom is -0.356 e. The van der Waals surface area contributed by atoms with Crippen LogP contribution in [-0.4, -0.2) is 15.0 Å². The van der Waals surface area contributed by atoms with Crippen molar-refractivity contribution < 1.29 is 0 Å². The molecule has 4 aromatic carbocycles. The first-order chi connectivity index (χ1) is 16.7. The number of aromatic nitrogens is 3. The van der Waals surface area contributed by atoms with E-state index in [1.165, 1.54) is 0 Å². The number of anilines is 1. The Morgan fingerprint density at radius 2 is 1.18 bits per heavy atom. The van der Waals surface area contributed by atoms with Gasteiger partial charge in [0.1, 0.15) is 0 Å². The lowest BCUT2D eigenvalue weighted by Gasteiger charge is -2.14. The lowest BCUT2D eigenvalue weighted by atomic mass is 10.0. The molecule has 164 valence electrons. The van der Waals surface area contributed by atoms with Gasteiger partial charge in [-0.1, -0.05) is 97.6 Å². The van der Waals surface area contributed by atoms with Gasteiger partial charge in [-0.25, -0.2) is 15.0 Å². The number of hydrogen-bond acceptors (Lipinski definition) is 4. The molecule has 0 bridgehead atoms. The van der Waals surface area contributed by atoms with Crippen molar-refractivity contribution >= 4 is 16.5 Å². The normalized spacial score (nSPS) is 11.1. The molecule has 0 unspecified atom stereocenters. The molecule has 4 nitrogen and oxygen atoms in total. The molecule has 0 amide bonds. The molecule has 0 radical (unpaired) electrons. The van der Waals surface area contributed by atoms with Crippen LogP contribution in [0.4, 0.5) is 5.69 Å². The Bertz CT molecular complexity index is 1430. The highest BCUT2D eigenvalue weighted by molar-refractivity contribution is 6.03. The largest absolute Gasteiger partial charge is 0.356 e. The molecule has 4 heteroatoms. The molecule has 0 aliphatic heterocycles. The van der Waals surface area contributed by atoms with E-state index in [1.54, 1.807) is 0 Å². The summed E-state index contributed by atoms with van der Waals surface area (Å²) >= 11 is 0. The third-order valence-corrected chi connectivity index (χ3v) is 5.53. The van der Waals surface area contributed by atoms with Crippen molar-refractivity contribution in [1.82, 2.24) is 15.0 Å². The predicted octanol–water partition coefficient (Wildman–Crippen LogP) is 7.53. The first kappa shape index (κ1) is 21.3. The Hall–Kier alpha value is -4.57. The fourth-order valence-electron chi connectivity index (χ4n) is 3.95. The van der Waals surface area contributed by atoms with E-state index in [1.807, 2.05) is 91.9 Å². The van der Waals surface area contributed by atoms with Crippen LogP contribution in [-0.2, 0) is 0 Å². The van der Waals surface area contributed by atoms with Crippen LogP contribution in [0.15, 0.2) is 121 Å². The first-order valence-corrected chi connectivity index (χ1v) is 11.2. The zero-order chi connectivity index (χ0) is 23.3. The topological polar surface area (TPSA) is 50.7 Å². The number of allylic oxidation sites excluding steroid dienone is 2. The van der Waals surface area contributed by atoms with E-state index in [-0.39, 0.29) is 0 Å². The molecule has 34 heavy (non-hydrogen) atoms. The van der Waals surface area contributed by atoms with Crippen molar-refractivity contribution in [2.75, 3.05) is 5.32 Å². The molecule has 5 rings (SSSR count). The number of nitrogens with one attached hydrogen (secondary N) is 1. The fourth-order valence-corrected chi connectivity index (χ4v) is 3.95. The molecule has 0 atom stereocenters. The van der Waals surface area contributed by atoms with Crippen molar-refractivity contribution in [1.29, 1.82) is 0 Å². The fraction of sp³-hybridized carbons (Fsp3) is 0.0333. The molecule has 0 saturated heterocycles. The molecular weight excluding hydrogens is 416 g/mol. The molecule has 0 aliphatic carbocycles. The maximum Gasteiger partial charge on any atom is 0.164 e. The second-order valence-electron chi connectivity index (χ2n) is 7.89. The van der Waals surface area contributed by atoms with Crippen LogP contribution in [0.5, 0.6) is 0 Å². The zero-order valence-electron chi connectivity index (χ0n) is 18.9. The van der Waals surface area contributed by atoms with Gasteiger partial charge in [0.15, 0.2) is 17.5 Å². The number of hydrogen-bond donors (Lipinski definition) is 1. The Balaban J connectivity index is 1.70. The summed E-state index contributed by atoms with van der Waals surface area (Å²) in [7, 11) is 0. The Morgan fingerprint density at radius 3 is 1.76 bits per heavy atom. The molecule has 1 aromatic heterocycles. The van der Waals surface area contributed by atoms with E-state index in [9.17, 15) is 0 Å². The summed E-state index contributed by atoms with van der Waals surface area (Å²) < 4.78 is 0. The SMILES string of the molecule is C=C(/C=C\C)Nc1ccc(-c2nc(-c3ccccc3)nc(-c3ccccc3)n2)c2ccccc12. The van der Waals surface area contributed by atoms with Crippen molar-refractivity contribution in [3.63, 3.8) is 0 Å². The van der Waals surface area contributed by atoms with Crippen LogP contribution in [0.25, 0.3) is 44.9 Å². The second kappa shape index (κ2) is 9.51. The van der Waals surface area contributed by atoms with E-state index < -0.39 is 0 Å². The average Bonchev–Trinajstić information content (AvgIpc) is 2.90. The van der Waals surface area contributed by atoms with Gasteiger partial charge in [0.05, 0.1) is 0 Å². The van der Waals surface area contributed by atoms with Crippen molar-refractivity contribution in [3.8, 4) is 34.2 Å². The van der Waals surface area contributed by atoms with Crippen LogP contribution < -0.4 is 5.32 Å². The first-order valence-electron chi connectivity index (χ1n) is 11.2. The van der Waals surface area contributed by atoms with E-state index in [2.05, 4.69) is 36.2 Å². The highest BCUT2D eigenvalue weighted by atomic mass is 15.0. The summed E-state index contributed by atoms with van der Waals surface area (Å²) in [6, 6.07) is 32.4. The number of rotatable bonds is 6. The van der Waals surface area contributed by atoms with Crippen LogP contribution >= 0.6 is 0 Å². The quantitative estimate of drug-likeness (QED) is 0.277. The third-order valence-electron chi connectivity index (χ3n) is 5.53. The number of benzene rings is 4. The summed E-state index contributed by atoms with van der Waals surface area (Å²) in [5.74, 6) is 1.94. The van der Waals surface area contributed by atoms with E-state index in [0.29, 0.717) is 17.5 Å². The average molecular weight is 441 g/mol. The summed E-state index contributed by atoms with van der Waals surface area (Å²) in [5.41, 5.74) is 4.68. The molecule has 1 heterocycles. The summed E-state index contributed by atoms with van der Waals surface area (Å²) in [6.07, 6.45) is 3.92. The lowest BCUT2D eigenvalue weighted by molar-refractivity contribution is 1.08. The number of fused-ring (bicyclic) bond motifs is 1. The van der Waals surface area contributed by atoms with E-state index in [0.717, 1.165) is 38.8 Å². The maximum atomic E-state index is 4.90. The van der Waals surface area contributed by atoms with Gasteiger partial charge in [-0.15, -0.1) is 0 Å².